The Hall–Kier alpha value is 1.70. The van der Waals surface area contributed by atoms with Crippen LogP contribution >= 0.6 is 38.2 Å². The monoisotopic (exact) mass is 252 g/mol. The molecule has 0 aliphatic heterocycles. The molecule has 7 heavy (non-hydrogen) atoms. The minimum atomic E-state index is 0. The third-order valence-electron chi connectivity index (χ3n) is 0.324. The second kappa shape index (κ2) is 7.70. The van der Waals surface area contributed by atoms with Crippen molar-refractivity contribution in [3.63, 3.8) is 0 Å². The second-order valence-electron chi connectivity index (χ2n) is 0.574. The Kier molecular flexibility index (Phi) is 12.6. The van der Waals surface area contributed by atoms with Gasteiger partial charge in [-0.05, 0) is 0 Å². The van der Waals surface area contributed by atoms with Gasteiger partial charge < -0.3 is 0 Å². The molecule has 0 saturated carbocycles. The maximum absolute atomic E-state index is 4.21. The molecule has 0 spiro atoms. The topological polar surface area (TPSA) is 0 Å². The first-order valence-corrected chi connectivity index (χ1v) is 6.00. The zero-order valence-electron chi connectivity index (χ0n) is 4.27. The Bertz CT molecular complexity index is 32.1. The van der Waals surface area contributed by atoms with Crippen LogP contribution in [0.25, 0.3) is 0 Å². The van der Waals surface area contributed by atoms with Crippen LogP contribution in [0, 0.1) is 0 Å². The molecule has 0 heterocycles. The van der Waals surface area contributed by atoms with E-state index in [0.29, 0.717) is 11.7 Å². The second-order valence-corrected chi connectivity index (χ2v) is 6.70. The molecule has 0 unspecified atom stereocenters. The molecule has 0 nitrogen and oxygen atoms in total. The quantitative estimate of drug-likeness (QED) is 0.583. The predicted octanol–water partition coefficient (Wildman–Crippen LogP) is 2.74. The zero-order chi connectivity index (χ0) is 4.99. The van der Waals surface area contributed by atoms with Gasteiger partial charge in [-0.3, -0.25) is 0 Å². The number of hydrogen-bond acceptors (Lipinski definition) is 2. The SMILES string of the molecule is Br.C[CH2][Cu]([SH])[S]C. The molecule has 0 amide bonds. The molecule has 0 aromatic carbocycles. The van der Waals surface area contributed by atoms with Crippen molar-refractivity contribution in [2.24, 2.45) is 0 Å². The van der Waals surface area contributed by atoms with E-state index in [1.807, 2.05) is 10.2 Å². The Balaban J connectivity index is 0. The van der Waals surface area contributed by atoms with Crippen LogP contribution in [-0.2, 0) is 11.7 Å². The van der Waals surface area contributed by atoms with Crippen LogP contribution in [0.15, 0.2) is 0 Å². The van der Waals surface area contributed by atoms with Crippen molar-refractivity contribution in [3.05, 3.63) is 0 Å². The average molecular weight is 254 g/mol. The minimum absolute atomic E-state index is 0. The summed E-state index contributed by atoms with van der Waals surface area (Å²) in [4.78, 5) is 0. The van der Waals surface area contributed by atoms with E-state index in [4.69, 9.17) is 0 Å². The molecule has 0 radical (unpaired) electrons. The first-order chi connectivity index (χ1) is 2.81. The normalized spacial score (nSPS) is 9.86. The van der Waals surface area contributed by atoms with Crippen LogP contribution in [-0.4, -0.2) is 6.26 Å². The standard InChI is InChI=1S/C2H5.CH4S.BrH.Cu.H2S/c2*1-2;;;/h1H2,2H3;2H,1H3;1H;;1H2/q;;;+2;/p-2. The van der Waals surface area contributed by atoms with Crippen LogP contribution in [0.2, 0.25) is 5.32 Å². The summed E-state index contributed by atoms with van der Waals surface area (Å²) < 4.78 is 0. The summed E-state index contributed by atoms with van der Waals surface area (Å²) in [5.74, 6) is 0. The molecule has 0 aromatic rings. The van der Waals surface area contributed by atoms with E-state index in [9.17, 15) is 0 Å². The average Bonchev–Trinajstić information content (AvgIpc) is 1.65. The van der Waals surface area contributed by atoms with Crippen LogP contribution in [0.4, 0.5) is 0 Å². The van der Waals surface area contributed by atoms with E-state index in [1.165, 1.54) is 5.32 Å². The summed E-state index contributed by atoms with van der Waals surface area (Å²) in [5, 5.41) is 1.18. The third kappa shape index (κ3) is 7.70. The maximum atomic E-state index is 4.21. The van der Waals surface area contributed by atoms with Gasteiger partial charge in [0.25, 0.3) is 0 Å². The van der Waals surface area contributed by atoms with Crippen molar-refractivity contribution in [3.8, 4) is 0 Å². The van der Waals surface area contributed by atoms with Gasteiger partial charge in [0, 0.05) is 0 Å². The molecule has 0 atom stereocenters. The Labute approximate surface area is 68.0 Å². The number of halogens is 1. The molecule has 0 aliphatic rings. The molecule has 0 N–H and O–H groups in total. The number of hydrogen-bond donors (Lipinski definition) is 1. The summed E-state index contributed by atoms with van der Waals surface area (Å²) in [6, 6.07) is 0. The van der Waals surface area contributed by atoms with E-state index in [1.54, 1.807) is 0 Å². The van der Waals surface area contributed by atoms with Gasteiger partial charge >= 0.3 is 51.4 Å². The van der Waals surface area contributed by atoms with E-state index in [0.717, 1.165) is 0 Å². The van der Waals surface area contributed by atoms with Crippen molar-refractivity contribution in [1.82, 2.24) is 0 Å². The summed E-state index contributed by atoms with van der Waals surface area (Å²) in [5.41, 5.74) is 0. The first kappa shape index (κ1) is 11.5. The van der Waals surface area contributed by atoms with Gasteiger partial charge in [-0.15, -0.1) is 17.0 Å². The van der Waals surface area contributed by atoms with Gasteiger partial charge in [0.1, 0.15) is 0 Å². The van der Waals surface area contributed by atoms with Crippen LogP contribution in [0.3, 0.4) is 0 Å². The van der Waals surface area contributed by atoms with Crippen LogP contribution in [0.1, 0.15) is 6.92 Å². The fourth-order valence-electron chi connectivity index (χ4n) is 0.0870. The summed E-state index contributed by atoms with van der Waals surface area (Å²) in [7, 11) is 1.81. The summed E-state index contributed by atoms with van der Waals surface area (Å²) in [6.45, 7) is 2.14. The van der Waals surface area contributed by atoms with Crippen LogP contribution in [0.5, 0.6) is 0 Å². The summed E-state index contributed by atoms with van der Waals surface area (Å²) in [6.07, 6.45) is 2.08. The zero-order valence-corrected chi connectivity index (χ0v) is 8.64. The Morgan fingerprint density at radius 3 is 2.14 bits per heavy atom. The van der Waals surface area contributed by atoms with E-state index >= 15 is 0 Å². The van der Waals surface area contributed by atoms with Crippen LogP contribution < -0.4 is 0 Å². The van der Waals surface area contributed by atoms with Gasteiger partial charge in [0.15, 0.2) is 0 Å². The Morgan fingerprint density at radius 1 is 1.71 bits per heavy atom. The van der Waals surface area contributed by atoms with Gasteiger partial charge in [0.2, 0.25) is 0 Å². The van der Waals surface area contributed by atoms with Gasteiger partial charge in [0.05, 0.1) is 0 Å². The molecule has 4 heteroatoms. The molecular weight excluding hydrogens is 244 g/mol. The van der Waals surface area contributed by atoms with Gasteiger partial charge in [-0.2, -0.15) is 0 Å². The van der Waals surface area contributed by atoms with E-state index in [-0.39, 0.29) is 17.0 Å². The molecule has 0 aliphatic carbocycles. The van der Waals surface area contributed by atoms with Gasteiger partial charge in [-0.1, -0.05) is 0 Å². The molecule has 0 bridgehead atoms. The van der Waals surface area contributed by atoms with Gasteiger partial charge in [-0.25, -0.2) is 0 Å². The van der Waals surface area contributed by atoms with E-state index < -0.39 is 0 Å². The molecular formula is C3H10BrCuS2. The van der Waals surface area contributed by atoms with Crippen molar-refractivity contribution in [2.45, 2.75) is 12.2 Å². The third-order valence-corrected chi connectivity index (χ3v) is 5.38. The van der Waals surface area contributed by atoms with Crippen molar-refractivity contribution in [1.29, 1.82) is 0 Å². The summed E-state index contributed by atoms with van der Waals surface area (Å²) >= 11 is 4.60. The number of rotatable bonds is 2. The van der Waals surface area contributed by atoms with Crippen molar-refractivity contribution < 1.29 is 11.7 Å². The van der Waals surface area contributed by atoms with E-state index in [2.05, 4.69) is 24.2 Å². The molecule has 0 aromatic heterocycles. The molecule has 0 rings (SSSR count). The molecule has 0 saturated heterocycles. The Morgan fingerprint density at radius 2 is 2.14 bits per heavy atom. The molecule has 0 fully saturated rings. The molecule has 52 valence electrons. The van der Waals surface area contributed by atoms with Crippen molar-refractivity contribution in [2.75, 3.05) is 6.26 Å². The fourth-order valence-corrected chi connectivity index (χ4v) is 1.08. The fraction of sp³-hybridized carbons (Fsp3) is 1.00. The van der Waals surface area contributed by atoms with Crippen molar-refractivity contribution >= 4 is 38.2 Å². The first-order valence-electron chi connectivity index (χ1n) is 1.59. The number of thiol groups is 1. The predicted molar refractivity (Wildman–Crippen MR) is 43.3 cm³/mol.